The number of rotatable bonds is 5. The second-order valence-corrected chi connectivity index (χ2v) is 5.35. The van der Waals surface area contributed by atoms with Crippen molar-refractivity contribution in [1.82, 2.24) is 5.32 Å². The maximum atomic E-state index is 14.0. The van der Waals surface area contributed by atoms with Crippen molar-refractivity contribution >= 4 is 0 Å². The van der Waals surface area contributed by atoms with Crippen LogP contribution in [0.3, 0.4) is 0 Å². The van der Waals surface area contributed by atoms with Crippen LogP contribution in [0.1, 0.15) is 26.7 Å². The Morgan fingerprint density at radius 1 is 1.39 bits per heavy atom. The van der Waals surface area contributed by atoms with Gasteiger partial charge in [0.15, 0.2) is 0 Å². The first-order valence-electron chi connectivity index (χ1n) is 6.67. The molecule has 0 bridgehead atoms. The highest BCUT2D eigenvalue weighted by Crippen LogP contribution is 2.40. The van der Waals surface area contributed by atoms with Crippen LogP contribution >= 0.6 is 0 Å². The smallest absolute Gasteiger partial charge is 0.137 e. The Hall–Kier alpha value is -0.640. The molecule has 0 radical (unpaired) electrons. The average molecular weight is 261 g/mol. The Morgan fingerprint density at radius 2 is 2.06 bits per heavy atom. The summed E-state index contributed by atoms with van der Waals surface area (Å²) in [5.74, 6) is 0.0188. The Morgan fingerprint density at radius 3 is 2.56 bits per heavy atom. The predicted octanol–water partition coefficient (Wildman–Crippen LogP) is 3.09. The molecule has 1 rings (SSSR count). The molecule has 0 amide bonds. The molecule has 18 heavy (non-hydrogen) atoms. The highest BCUT2D eigenvalue weighted by molar-refractivity contribution is 5.13. The van der Waals surface area contributed by atoms with E-state index in [4.69, 9.17) is 4.74 Å². The number of hydrogen-bond donors (Lipinski definition) is 1. The van der Waals surface area contributed by atoms with Gasteiger partial charge in [0.1, 0.15) is 12.3 Å². The van der Waals surface area contributed by atoms with E-state index in [0.29, 0.717) is 18.8 Å². The molecule has 4 heteroatoms. The highest BCUT2D eigenvalue weighted by Gasteiger charge is 2.41. The molecule has 0 aliphatic heterocycles. The van der Waals surface area contributed by atoms with Crippen LogP contribution in [0.2, 0.25) is 0 Å². The van der Waals surface area contributed by atoms with Crippen molar-refractivity contribution in [3.8, 4) is 0 Å². The van der Waals surface area contributed by atoms with Crippen LogP contribution in [0.4, 0.5) is 8.78 Å². The monoisotopic (exact) mass is 261 g/mol. The summed E-state index contributed by atoms with van der Waals surface area (Å²) in [5, 5.41) is 3.02. The molecular weight excluding hydrogens is 236 g/mol. The zero-order chi connectivity index (χ0) is 13.7. The number of methoxy groups -OCH3 is 1. The van der Waals surface area contributed by atoms with E-state index >= 15 is 0 Å². The Balaban J connectivity index is 2.92. The third-order valence-corrected chi connectivity index (χ3v) is 3.79. The molecule has 3 unspecified atom stereocenters. The van der Waals surface area contributed by atoms with E-state index in [-0.39, 0.29) is 18.4 Å². The highest BCUT2D eigenvalue weighted by atomic mass is 19.2. The molecule has 0 aromatic heterocycles. The van der Waals surface area contributed by atoms with Crippen molar-refractivity contribution in [1.29, 1.82) is 0 Å². The zero-order valence-corrected chi connectivity index (χ0v) is 11.7. The van der Waals surface area contributed by atoms with Crippen molar-refractivity contribution in [3.63, 3.8) is 0 Å². The molecule has 0 heterocycles. The fraction of sp³-hybridized carbons (Fsp3) is 0.857. The predicted molar refractivity (Wildman–Crippen MR) is 69.9 cm³/mol. The molecule has 0 aromatic rings. The second-order valence-electron chi connectivity index (χ2n) is 5.35. The van der Waals surface area contributed by atoms with Gasteiger partial charge in [-0.05, 0) is 36.5 Å². The van der Waals surface area contributed by atoms with E-state index in [9.17, 15) is 8.78 Å². The van der Waals surface area contributed by atoms with Gasteiger partial charge in [-0.2, -0.15) is 0 Å². The van der Waals surface area contributed by atoms with Crippen molar-refractivity contribution in [2.45, 2.75) is 39.0 Å². The Labute approximate surface area is 109 Å². The van der Waals surface area contributed by atoms with Gasteiger partial charge in [-0.1, -0.05) is 13.8 Å². The SMILES string of the molecule is CN/C=C(/C(C)C)C1CC[C@@H](F)C(F)C1COC. The van der Waals surface area contributed by atoms with Crippen LogP contribution < -0.4 is 5.32 Å². The number of halogens is 2. The lowest BCUT2D eigenvalue weighted by molar-refractivity contribution is -0.00464. The van der Waals surface area contributed by atoms with E-state index in [2.05, 4.69) is 19.2 Å². The summed E-state index contributed by atoms with van der Waals surface area (Å²) >= 11 is 0. The van der Waals surface area contributed by atoms with Gasteiger partial charge < -0.3 is 10.1 Å². The minimum Gasteiger partial charge on any atom is -0.394 e. The second kappa shape index (κ2) is 7.07. The fourth-order valence-electron chi connectivity index (χ4n) is 2.89. The third-order valence-electron chi connectivity index (χ3n) is 3.79. The Kier molecular flexibility index (Phi) is 6.06. The number of alkyl halides is 2. The number of nitrogens with one attached hydrogen (secondary N) is 1. The lowest BCUT2D eigenvalue weighted by Crippen LogP contribution is -2.41. The molecule has 1 saturated carbocycles. The molecule has 0 aromatic carbocycles. The summed E-state index contributed by atoms with van der Waals surface area (Å²) in [7, 11) is 3.38. The molecule has 0 saturated heterocycles. The van der Waals surface area contributed by atoms with Gasteiger partial charge in [-0.25, -0.2) is 8.78 Å². The topological polar surface area (TPSA) is 21.3 Å². The molecule has 106 valence electrons. The van der Waals surface area contributed by atoms with Crippen LogP contribution in [0.15, 0.2) is 11.8 Å². The van der Waals surface area contributed by atoms with E-state index in [1.807, 2.05) is 13.2 Å². The van der Waals surface area contributed by atoms with E-state index < -0.39 is 12.3 Å². The van der Waals surface area contributed by atoms with Crippen LogP contribution in [-0.4, -0.2) is 33.1 Å². The molecular formula is C14H25F2NO. The normalized spacial score (nSPS) is 33.8. The van der Waals surface area contributed by atoms with Gasteiger partial charge in [-0.3, -0.25) is 0 Å². The van der Waals surface area contributed by atoms with Gasteiger partial charge in [0.2, 0.25) is 0 Å². The molecule has 2 nitrogen and oxygen atoms in total. The van der Waals surface area contributed by atoms with E-state index in [0.717, 1.165) is 5.57 Å². The average Bonchev–Trinajstić information content (AvgIpc) is 2.33. The number of allylic oxidation sites excluding steroid dienone is 1. The number of hydrogen-bond acceptors (Lipinski definition) is 2. The lowest BCUT2D eigenvalue weighted by atomic mass is 9.71. The summed E-state index contributed by atoms with van der Waals surface area (Å²) in [6.45, 7) is 4.45. The molecule has 0 spiro atoms. The van der Waals surface area contributed by atoms with Gasteiger partial charge in [-0.15, -0.1) is 0 Å². The molecule has 1 N–H and O–H groups in total. The van der Waals surface area contributed by atoms with Crippen LogP contribution in [-0.2, 0) is 4.74 Å². The summed E-state index contributed by atoms with van der Waals surface area (Å²) in [6, 6.07) is 0. The van der Waals surface area contributed by atoms with Gasteiger partial charge in [0.05, 0.1) is 6.61 Å². The Bertz CT molecular complexity index is 281. The van der Waals surface area contributed by atoms with Gasteiger partial charge in [0, 0.05) is 20.1 Å². The first kappa shape index (κ1) is 15.4. The van der Waals surface area contributed by atoms with E-state index in [1.165, 1.54) is 0 Å². The van der Waals surface area contributed by atoms with Crippen molar-refractivity contribution in [2.24, 2.45) is 17.8 Å². The summed E-state index contributed by atoms with van der Waals surface area (Å²) in [6.07, 6.45) is 0.178. The van der Waals surface area contributed by atoms with Crippen molar-refractivity contribution < 1.29 is 13.5 Å². The van der Waals surface area contributed by atoms with Crippen LogP contribution in [0, 0.1) is 17.8 Å². The van der Waals surface area contributed by atoms with Crippen LogP contribution in [0.5, 0.6) is 0 Å². The first-order chi connectivity index (χ1) is 8.52. The molecule has 1 aliphatic rings. The standard InChI is InChI=1S/C14H25F2NO/c1-9(2)11(7-17-3)10-5-6-13(15)14(16)12(10)8-18-4/h7,9-10,12-14,17H,5-6,8H2,1-4H3/b11-7-/t10?,12?,13-,14?/m1/s1. The quantitative estimate of drug-likeness (QED) is 0.821. The van der Waals surface area contributed by atoms with Gasteiger partial charge in [0.25, 0.3) is 0 Å². The summed E-state index contributed by atoms with van der Waals surface area (Å²) in [4.78, 5) is 0. The van der Waals surface area contributed by atoms with Gasteiger partial charge >= 0.3 is 0 Å². The summed E-state index contributed by atoms with van der Waals surface area (Å²) in [5.41, 5.74) is 1.16. The zero-order valence-electron chi connectivity index (χ0n) is 11.7. The fourth-order valence-corrected chi connectivity index (χ4v) is 2.89. The van der Waals surface area contributed by atoms with Crippen molar-refractivity contribution in [2.75, 3.05) is 20.8 Å². The summed E-state index contributed by atoms with van der Waals surface area (Å²) < 4.78 is 32.6. The molecule has 4 atom stereocenters. The maximum Gasteiger partial charge on any atom is 0.137 e. The van der Waals surface area contributed by atoms with Crippen molar-refractivity contribution in [3.05, 3.63) is 11.8 Å². The van der Waals surface area contributed by atoms with Crippen LogP contribution in [0.25, 0.3) is 0 Å². The minimum absolute atomic E-state index is 0.0689. The molecule has 1 aliphatic carbocycles. The molecule has 1 fully saturated rings. The number of ether oxygens (including phenoxy) is 1. The third kappa shape index (κ3) is 3.44. The maximum absolute atomic E-state index is 14.0. The largest absolute Gasteiger partial charge is 0.394 e. The minimum atomic E-state index is -1.41. The first-order valence-corrected chi connectivity index (χ1v) is 6.67. The van der Waals surface area contributed by atoms with E-state index in [1.54, 1.807) is 7.11 Å². The lowest BCUT2D eigenvalue weighted by Gasteiger charge is -2.38.